The topological polar surface area (TPSA) is 127 Å². The molecule has 0 bridgehead atoms. The minimum atomic E-state index is -0.484. The summed E-state index contributed by atoms with van der Waals surface area (Å²) in [5, 5.41) is 5.50. The zero-order chi connectivity index (χ0) is 13.5. The van der Waals surface area contributed by atoms with Crippen molar-refractivity contribution in [3.05, 3.63) is 0 Å². The van der Waals surface area contributed by atoms with Crippen LogP contribution in [0.3, 0.4) is 0 Å². The minimum absolute atomic E-state index is 0.101. The molecule has 9 heteroatoms. The van der Waals surface area contributed by atoms with Gasteiger partial charge in [-0.2, -0.15) is 15.0 Å². The molecule has 1 heterocycles. The maximum Gasteiger partial charge on any atom is 0.322 e. The van der Waals surface area contributed by atoms with Gasteiger partial charge in [0, 0.05) is 6.54 Å². The third kappa shape index (κ3) is 3.70. The number of hydrogen-bond donors (Lipinski definition) is 4. The molecule has 1 atom stereocenters. The highest BCUT2D eigenvalue weighted by Gasteiger charge is 2.14. The Morgan fingerprint density at radius 3 is 2.61 bits per heavy atom. The number of aromatic nitrogens is 3. The molecule has 1 aromatic rings. The molecule has 0 fully saturated rings. The molecule has 0 aliphatic rings. The van der Waals surface area contributed by atoms with Crippen molar-refractivity contribution < 1.29 is 9.53 Å². The number of hydrogen-bond acceptors (Lipinski definition) is 8. The summed E-state index contributed by atoms with van der Waals surface area (Å²) in [6, 6.07) is -0.383. The first-order chi connectivity index (χ1) is 8.60. The van der Waals surface area contributed by atoms with Gasteiger partial charge in [-0.25, -0.2) is 5.84 Å². The molecule has 9 nitrogen and oxygen atoms in total. The fourth-order valence-electron chi connectivity index (χ4n) is 1.16. The summed E-state index contributed by atoms with van der Waals surface area (Å²) in [5.74, 6) is 5.41. The molecule has 0 aromatic carbocycles. The summed E-state index contributed by atoms with van der Waals surface area (Å²) in [6.07, 6.45) is 0. The van der Waals surface area contributed by atoms with E-state index in [9.17, 15) is 4.79 Å². The number of likely N-dealkylation sites (N-methyl/N-ethyl adjacent to an activating group) is 1. The van der Waals surface area contributed by atoms with Crippen LogP contribution < -0.4 is 26.6 Å². The number of methoxy groups -OCH3 is 1. The largest absolute Gasteiger partial charge is 0.467 e. The van der Waals surface area contributed by atoms with Gasteiger partial charge in [-0.1, -0.05) is 0 Å². The molecule has 0 spiro atoms. The van der Waals surface area contributed by atoms with Crippen LogP contribution in [-0.4, -0.2) is 40.6 Å². The smallest absolute Gasteiger partial charge is 0.322 e. The van der Waals surface area contributed by atoms with Gasteiger partial charge in [0.15, 0.2) is 0 Å². The number of hydrazine groups is 1. The number of anilines is 2. The Morgan fingerprint density at radius 2 is 2.06 bits per heavy atom. The highest BCUT2D eigenvalue weighted by atomic mass is 16.5. The van der Waals surface area contributed by atoms with Crippen LogP contribution in [-0.2, 0) is 4.79 Å². The monoisotopic (exact) mass is 255 g/mol. The summed E-state index contributed by atoms with van der Waals surface area (Å²) in [7, 11) is 1.42. The first kappa shape index (κ1) is 13.9. The molecular formula is C9H17N7O2. The van der Waals surface area contributed by atoms with Crippen LogP contribution in [0.4, 0.5) is 11.9 Å². The number of nitrogens with two attached hydrogens (primary N) is 1. The SMILES string of the molecule is CCNC(=O)C(C)Nc1nc(NN)nc(OC)n1. The van der Waals surface area contributed by atoms with Crippen LogP contribution >= 0.6 is 0 Å². The third-order valence-electron chi connectivity index (χ3n) is 2.02. The van der Waals surface area contributed by atoms with Crippen molar-refractivity contribution in [3.8, 4) is 6.01 Å². The van der Waals surface area contributed by atoms with E-state index in [0.29, 0.717) is 6.54 Å². The second-order valence-electron chi connectivity index (χ2n) is 3.37. The van der Waals surface area contributed by atoms with Gasteiger partial charge in [0.1, 0.15) is 6.04 Å². The molecule has 1 aromatic heterocycles. The van der Waals surface area contributed by atoms with E-state index < -0.39 is 6.04 Å². The van der Waals surface area contributed by atoms with Crippen LogP contribution in [0, 0.1) is 0 Å². The number of carbonyl (C=O) groups excluding carboxylic acids is 1. The van der Waals surface area contributed by atoms with Gasteiger partial charge in [-0.3, -0.25) is 10.2 Å². The Bertz CT molecular complexity index is 390. The van der Waals surface area contributed by atoms with Gasteiger partial charge in [-0.05, 0) is 13.8 Å². The molecule has 0 aliphatic carbocycles. The zero-order valence-electron chi connectivity index (χ0n) is 10.5. The number of ether oxygens (including phenoxy) is 1. The first-order valence-electron chi connectivity index (χ1n) is 5.41. The number of nitrogens with zero attached hydrogens (tertiary/aromatic N) is 3. The van der Waals surface area contributed by atoms with Crippen molar-refractivity contribution in [2.45, 2.75) is 19.9 Å². The van der Waals surface area contributed by atoms with E-state index in [0.717, 1.165) is 0 Å². The van der Waals surface area contributed by atoms with Gasteiger partial charge < -0.3 is 15.4 Å². The van der Waals surface area contributed by atoms with E-state index >= 15 is 0 Å². The molecule has 18 heavy (non-hydrogen) atoms. The van der Waals surface area contributed by atoms with Crippen LogP contribution in [0.1, 0.15) is 13.8 Å². The van der Waals surface area contributed by atoms with Gasteiger partial charge >= 0.3 is 6.01 Å². The van der Waals surface area contributed by atoms with Crippen LogP contribution in [0.25, 0.3) is 0 Å². The van der Waals surface area contributed by atoms with Crippen molar-refractivity contribution in [3.63, 3.8) is 0 Å². The van der Waals surface area contributed by atoms with Crippen molar-refractivity contribution in [2.75, 3.05) is 24.4 Å². The average Bonchev–Trinajstić information content (AvgIpc) is 2.38. The number of nitrogen functional groups attached to an aromatic ring is 1. The van der Waals surface area contributed by atoms with E-state index in [4.69, 9.17) is 10.6 Å². The molecule has 0 aliphatic heterocycles. The molecule has 0 saturated carbocycles. The normalized spacial score (nSPS) is 11.6. The third-order valence-corrected chi connectivity index (χ3v) is 2.02. The average molecular weight is 255 g/mol. The molecule has 1 rings (SSSR count). The predicted molar refractivity (Wildman–Crippen MR) is 66.0 cm³/mol. The molecule has 1 unspecified atom stereocenters. The first-order valence-corrected chi connectivity index (χ1v) is 5.41. The number of nitrogens with one attached hydrogen (secondary N) is 3. The van der Waals surface area contributed by atoms with E-state index in [2.05, 4.69) is 31.0 Å². The van der Waals surface area contributed by atoms with Crippen LogP contribution in [0.2, 0.25) is 0 Å². The van der Waals surface area contributed by atoms with Gasteiger partial charge in [0.25, 0.3) is 0 Å². The Balaban J connectivity index is 2.79. The highest BCUT2D eigenvalue weighted by molar-refractivity contribution is 5.83. The maximum absolute atomic E-state index is 11.5. The van der Waals surface area contributed by atoms with E-state index in [1.54, 1.807) is 6.92 Å². The fraction of sp³-hybridized carbons (Fsp3) is 0.556. The number of rotatable bonds is 6. The van der Waals surface area contributed by atoms with E-state index in [1.807, 2.05) is 6.92 Å². The molecule has 0 radical (unpaired) electrons. The minimum Gasteiger partial charge on any atom is -0.467 e. The Kier molecular flexibility index (Phi) is 5.06. The number of amides is 1. The maximum atomic E-state index is 11.5. The lowest BCUT2D eigenvalue weighted by atomic mass is 10.3. The van der Waals surface area contributed by atoms with Crippen molar-refractivity contribution in [1.82, 2.24) is 20.3 Å². The van der Waals surface area contributed by atoms with Gasteiger partial charge in [0.2, 0.25) is 17.8 Å². The molecule has 0 saturated heterocycles. The van der Waals surface area contributed by atoms with E-state index in [1.165, 1.54) is 7.11 Å². The van der Waals surface area contributed by atoms with Crippen LogP contribution in [0.15, 0.2) is 0 Å². The Labute approximate surface area is 105 Å². The quantitative estimate of drug-likeness (QED) is 0.380. The standard InChI is InChI=1S/C9H17N7O2/c1-4-11-6(17)5(2)12-7-13-8(16-10)15-9(14-7)18-3/h5H,4,10H2,1-3H3,(H,11,17)(H2,12,13,14,15,16). The molecule has 1 amide bonds. The van der Waals surface area contributed by atoms with Crippen molar-refractivity contribution in [2.24, 2.45) is 5.84 Å². The lowest BCUT2D eigenvalue weighted by Gasteiger charge is -2.13. The summed E-state index contributed by atoms with van der Waals surface area (Å²) in [4.78, 5) is 23.3. The highest BCUT2D eigenvalue weighted by Crippen LogP contribution is 2.10. The second-order valence-corrected chi connectivity index (χ2v) is 3.37. The molecule has 5 N–H and O–H groups in total. The summed E-state index contributed by atoms with van der Waals surface area (Å²) >= 11 is 0. The fourth-order valence-corrected chi connectivity index (χ4v) is 1.16. The Hall–Kier alpha value is -2.16. The van der Waals surface area contributed by atoms with Crippen molar-refractivity contribution in [1.29, 1.82) is 0 Å². The zero-order valence-corrected chi connectivity index (χ0v) is 10.5. The van der Waals surface area contributed by atoms with Gasteiger partial charge in [0.05, 0.1) is 7.11 Å². The van der Waals surface area contributed by atoms with Gasteiger partial charge in [-0.15, -0.1) is 0 Å². The van der Waals surface area contributed by atoms with E-state index in [-0.39, 0.29) is 23.8 Å². The molecule has 100 valence electrons. The summed E-state index contributed by atoms with van der Waals surface area (Å²) < 4.78 is 4.89. The van der Waals surface area contributed by atoms with Crippen molar-refractivity contribution >= 4 is 17.8 Å². The second kappa shape index (κ2) is 6.55. The number of carbonyl (C=O) groups is 1. The lowest BCUT2D eigenvalue weighted by molar-refractivity contribution is -0.121. The van der Waals surface area contributed by atoms with Crippen LogP contribution in [0.5, 0.6) is 6.01 Å². The lowest BCUT2D eigenvalue weighted by Crippen LogP contribution is -2.37. The predicted octanol–water partition coefficient (Wildman–Crippen LogP) is -0.898. The molecular weight excluding hydrogens is 238 g/mol. The summed E-state index contributed by atoms with van der Waals surface area (Å²) in [5.41, 5.74) is 2.29. The summed E-state index contributed by atoms with van der Waals surface area (Å²) in [6.45, 7) is 4.09. The Morgan fingerprint density at radius 1 is 1.39 bits per heavy atom.